The zero-order valence-electron chi connectivity index (χ0n) is 17.0. The summed E-state index contributed by atoms with van der Waals surface area (Å²) in [5.74, 6) is 3.04. The Morgan fingerprint density at radius 2 is 1.96 bits per heavy atom. The summed E-state index contributed by atoms with van der Waals surface area (Å²) in [6, 6.07) is 5.39. The van der Waals surface area contributed by atoms with Gasteiger partial charge in [-0.1, -0.05) is 6.92 Å². The van der Waals surface area contributed by atoms with Gasteiger partial charge in [-0.15, -0.1) is 0 Å². The highest BCUT2D eigenvalue weighted by Crippen LogP contribution is 2.29. The quantitative estimate of drug-likeness (QED) is 0.756. The molecule has 1 aromatic heterocycles. The van der Waals surface area contributed by atoms with Crippen LogP contribution in [0.3, 0.4) is 0 Å². The Morgan fingerprint density at radius 3 is 2.64 bits per heavy atom. The molecular weight excluding hydrogens is 356 g/mol. The van der Waals surface area contributed by atoms with Gasteiger partial charge in [-0.05, 0) is 44.0 Å². The molecule has 1 aromatic carbocycles. The molecule has 1 N–H and O–H groups in total. The molecule has 0 saturated carbocycles. The third-order valence-electron chi connectivity index (χ3n) is 5.31. The Labute approximate surface area is 166 Å². The molecule has 3 rings (SSSR count). The molecule has 152 valence electrons. The fourth-order valence-corrected chi connectivity index (χ4v) is 3.74. The highest BCUT2D eigenvalue weighted by molar-refractivity contribution is 5.92. The summed E-state index contributed by atoms with van der Waals surface area (Å²) in [5, 5.41) is 2.95. The van der Waals surface area contributed by atoms with Gasteiger partial charge < -0.3 is 19.4 Å². The molecule has 0 atom stereocenters. The second-order valence-electron chi connectivity index (χ2n) is 7.19. The predicted molar refractivity (Wildman–Crippen MR) is 109 cm³/mol. The van der Waals surface area contributed by atoms with Crippen LogP contribution in [0.25, 0.3) is 0 Å². The van der Waals surface area contributed by atoms with Gasteiger partial charge in [0.15, 0.2) is 11.5 Å². The number of imidazole rings is 1. The maximum absolute atomic E-state index is 12.4. The number of ether oxygens (including phenoxy) is 2. The number of anilines is 1. The molecule has 1 saturated heterocycles. The smallest absolute Gasteiger partial charge is 0.238 e. The molecule has 0 radical (unpaired) electrons. The molecule has 1 fully saturated rings. The van der Waals surface area contributed by atoms with Crippen molar-refractivity contribution in [2.75, 3.05) is 39.2 Å². The monoisotopic (exact) mass is 386 g/mol. The number of carbonyl (C=O) groups is 1. The zero-order chi connectivity index (χ0) is 19.9. The van der Waals surface area contributed by atoms with E-state index in [1.165, 1.54) is 0 Å². The van der Waals surface area contributed by atoms with Crippen molar-refractivity contribution in [1.82, 2.24) is 14.5 Å². The summed E-state index contributed by atoms with van der Waals surface area (Å²) < 4.78 is 12.8. The van der Waals surface area contributed by atoms with Gasteiger partial charge in [0.05, 0.1) is 20.8 Å². The zero-order valence-corrected chi connectivity index (χ0v) is 17.0. The number of hydrogen-bond acceptors (Lipinski definition) is 5. The van der Waals surface area contributed by atoms with E-state index in [-0.39, 0.29) is 5.91 Å². The maximum atomic E-state index is 12.4. The van der Waals surface area contributed by atoms with Gasteiger partial charge >= 0.3 is 0 Å². The van der Waals surface area contributed by atoms with Crippen LogP contribution in [0.15, 0.2) is 30.6 Å². The standard InChI is InChI=1S/C21H30N4O3/c1-4-20-22-9-12-25(20)14-16-7-10-24(11-8-16)15-21(26)23-17-5-6-18(27-2)19(13-17)28-3/h5-6,9,12-13,16H,4,7-8,10-11,14-15H2,1-3H3,(H,23,26). The number of nitrogens with one attached hydrogen (secondary N) is 1. The van der Waals surface area contributed by atoms with Crippen molar-refractivity contribution in [3.63, 3.8) is 0 Å². The first-order chi connectivity index (χ1) is 13.6. The van der Waals surface area contributed by atoms with Gasteiger partial charge in [-0.3, -0.25) is 9.69 Å². The van der Waals surface area contributed by atoms with E-state index >= 15 is 0 Å². The Morgan fingerprint density at radius 1 is 1.21 bits per heavy atom. The third-order valence-corrected chi connectivity index (χ3v) is 5.31. The fraction of sp³-hybridized carbons (Fsp3) is 0.524. The van der Waals surface area contributed by atoms with Crippen molar-refractivity contribution in [1.29, 1.82) is 0 Å². The first kappa shape index (κ1) is 20.2. The van der Waals surface area contributed by atoms with Gasteiger partial charge in [-0.2, -0.15) is 0 Å². The minimum atomic E-state index is -0.00597. The molecule has 2 heterocycles. The van der Waals surface area contributed by atoms with E-state index in [0.29, 0.717) is 29.6 Å². The molecular formula is C21H30N4O3. The molecule has 0 aliphatic carbocycles. The number of methoxy groups -OCH3 is 2. The van der Waals surface area contributed by atoms with Crippen molar-refractivity contribution < 1.29 is 14.3 Å². The molecule has 28 heavy (non-hydrogen) atoms. The third kappa shape index (κ3) is 5.04. The summed E-state index contributed by atoms with van der Waals surface area (Å²) >= 11 is 0. The van der Waals surface area contributed by atoms with Gasteiger partial charge in [0, 0.05) is 37.1 Å². The van der Waals surface area contributed by atoms with Crippen molar-refractivity contribution in [3.8, 4) is 11.5 Å². The summed E-state index contributed by atoms with van der Waals surface area (Å²) in [6.07, 6.45) is 7.12. The Hall–Kier alpha value is -2.54. The van der Waals surface area contributed by atoms with E-state index in [9.17, 15) is 4.79 Å². The number of aryl methyl sites for hydroxylation is 1. The summed E-state index contributed by atoms with van der Waals surface area (Å²) in [7, 11) is 3.18. The molecule has 1 aliphatic heterocycles. The van der Waals surface area contributed by atoms with Crippen molar-refractivity contribution in [2.45, 2.75) is 32.7 Å². The summed E-state index contributed by atoms with van der Waals surface area (Å²) in [6.45, 7) is 5.46. The van der Waals surface area contributed by atoms with Crippen LogP contribution in [0.5, 0.6) is 11.5 Å². The number of rotatable bonds is 8. The van der Waals surface area contributed by atoms with Gasteiger partial charge in [0.1, 0.15) is 5.82 Å². The normalized spacial score (nSPS) is 15.4. The Kier molecular flexibility index (Phi) is 6.92. The van der Waals surface area contributed by atoms with Gasteiger partial charge in [-0.25, -0.2) is 4.98 Å². The minimum Gasteiger partial charge on any atom is -0.493 e. The molecule has 1 aliphatic rings. The average Bonchev–Trinajstić information content (AvgIpc) is 3.16. The van der Waals surface area contributed by atoms with E-state index in [1.807, 2.05) is 12.3 Å². The van der Waals surface area contributed by atoms with Crippen molar-refractivity contribution >= 4 is 11.6 Å². The molecule has 7 nitrogen and oxygen atoms in total. The first-order valence-electron chi connectivity index (χ1n) is 9.87. The molecule has 0 unspecified atom stereocenters. The lowest BCUT2D eigenvalue weighted by molar-refractivity contribution is -0.117. The second-order valence-corrected chi connectivity index (χ2v) is 7.19. The molecule has 7 heteroatoms. The summed E-state index contributed by atoms with van der Waals surface area (Å²) in [5.41, 5.74) is 0.713. The number of benzene rings is 1. The maximum Gasteiger partial charge on any atom is 0.238 e. The lowest BCUT2D eigenvalue weighted by Crippen LogP contribution is -2.40. The van der Waals surface area contributed by atoms with Crippen LogP contribution in [0.4, 0.5) is 5.69 Å². The topological polar surface area (TPSA) is 68.6 Å². The van der Waals surface area contributed by atoms with E-state index in [1.54, 1.807) is 26.4 Å². The van der Waals surface area contributed by atoms with E-state index < -0.39 is 0 Å². The van der Waals surface area contributed by atoms with Gasteiger partial charge in [0.2, 0.25) is 5.91 Å². The molecule has 1 amide bonds. The average molecular weight is 386 g/mol. The van der Waals surface area contributed by atoms with Crippen molar-refractivity contribution in [3.05, 3.63) is 36.4 Å². The van der Waals surface area contributed by atoms with E-state index in [2.05, 4.69) is 32.9 Å². The van der Waals surface area contributed by atoms with Crippen LogP contribution in [-0.2, 0) is 17.8 Å². The number of amides is 1. The first-order valence-corrected chi connectivity index (χ1v) is 9.87. The van der Waals surface area contributed by atoms with Crippen LogP contribution in [-0.4, -0.2) is 54.2 Å². The molecule has 2 aromatic rings. The van der Waals surface area contributed by atoms with E-state index in [4.69, 9.17) is 9.47 Å². The highest BCUT2D eigenvalue weighted by atomic mass is 16.5. The Bertz CT molecular complexity index is 782. The van der Waals surface area contributed by atoms with Gasteiger partial charge in [0.25, 0.3) is 0 Å². The Balaban J connectivity index is 1.46. The largest absolute Gasteiger partial charge is 0.493 e. The summed E-state index contributed by atoms with van der Waals surface area (Å²) in [4.78, 5) is 19.0. The fourth-order valence-electron chi connectivity index (χ4n) is 3.74. The lowest BCUT2D eigenvalue weighted by Gasteiger charge is -2.31. The molecule has 0 bridgehead atoms. The van der Waals surface area contributed by atoms with Crippen LogP contribution in [0, 0.1) is 5.92 Å². The number of nitrogens with zero attached hydrogens (tertiary/aromatic N) is 3. The number of piperidine rings is 1. The van der Waals surface area contributed by atoms with Crippen LogP contribution in [0.2, 0.25) is 0 Å². The lowest BCUT2D eigenvalue weighted by atomic mass is 9.96. The second kappa shape index (κ2) is 9.59. The number of carbonyl (C=O) groups excluding carboxylic acids is 1. The minimum absolute atomic E-state index is 0.00597. The van der Waals surface area contributed by atoms with Crippen LogP contribution >= 0.6 is 0 Å². The van der Waals surface area contributed by atoms with Crippen LogP contribution < -0.4 is 14.8 Å². The highest BCUT2D eigenvalue weighted by Gasteiger charge is 2.22. The van der Waals surface area contributed by atoms with Crippen molar-refractivity contribution in [2.24, 2.45) is 5.92 Å². The predicted octanol–water partition coefficient (Wildman–Crippen LogP) is 2.81. The molecule has 0 spiro atoms. The van der Waals surface area contributed by atoms with Crippen LogP contribution in [0.1, 0.15) is 25.6 Å². The van der Waals surface area contributed by atoms with E-state index in [0.717, 1.165) is 44.7 Å². The SMILES string of the molecule is CCc1nccn1CC1CCN(CC(=O)Nc2ccc(OC)c(OC)c2)CC1. The number of aromatic nitrogens is 2. The number of likely N-dealkylation sites (tertiary alicyclic amines) is 1. The number of hydrogen-bond donors (Lipinski definition) is 1.